The fourth-order valence-electron chi connectivity index (χ4n) is 5.10. The Hall–Kier alpha value is -2.89. The smallest absolute Gasteiger partial charge is 0.241 e. The first-order chi connectivity index (χ1) is 15.7. The van der Waals surface area contributed by atoms with Crippen molar-refractivity contribution in [1.82, 2.24) is 9.80 Å². The Morgan fingerprint density at radius 3 is 1.75 bits per heavy atom. The molecule has 0 N–H and O–H groups in total. The number of ketones is 1. The summed E-state index contributed by atoms with van der Waals surface area (Å²) in [6, 6.07) is 30.3. The molecule has 1 atom stereocenters. The molecule has 5 rings (SSSR count). The number of amides is 1. The fourth-order valence-corrected chi connectivity index (χ4v) is 6.05. The van der Waals surface area contributed by atoms with Crippen LogP contribution in [0.15, 0.2) is 91.0 Å². The zero-order chi connectivity index (χ0) is 22.0. The van der Waals surface area contributed by atoms with Crippen LogP contribution in [0.2, 0.25) is 0 Å². The quantitative estimate of drug-likeness (QED) is 0.557. The Labute approximate surface area is 193 Å². The van der Waals surface area contributed by atoms with Crippen molar-refractivity contribution in [3.63, 3.8) is 0 Å². The molecule has 3 aromatic rings. The van der Waals surface area contributed by atoms with Crippen molar-refractivity contribution in [3.8, 4) is 0 Å². The molecule has 2 aliphatic rings. The highest BCUT2D eigenvalue weighted by molar-refractivity contribution is 7.99. The van der Waals surface area contributed by atoms with E-state index in [4.69, 9.17) is 0 Å². The van der Waals surface area contributed by atoms with Crippen molar-refractivity contribution in [3.05, 3.63) is 108 Å². The van der Waals surface area contributed by atoms with Gasteiger partial charge in [-0.1, -0.05) is 91.0 Å². The van der Waals surface area contributed by atoms with E-state index >= 15 is 0 Å². The van der Waals surface area contributed by atoms with Crippen LogP contribution in [-0.2, 0) is 15.1 Å². The van der Waals surface area contributed by atoms with Gasteiger partial charge < -0.3 is 4.90 Å². The average Bonchev–Trinajstić information content (AvgIpc) is 3.52. The van der Waals surface area contributed by atoms with Gasteiger partial charge in [-0.3, -0.25) is 14.5 Å². The number of carbonyl (C=O) groups excluding carboxylic acids is 2. The maximum absolute atomic E-state index is 13.7. The van der Waals surface area contributed by atoms with E-state index in [9.17, 15) is 9.59 Å². The largest absolute Gasteiger partial charge is 0.331 e. The number of benzene rings is 3. The summed E-state index contributed by atoms with van der Waals surface area (Å²) >= 11 is 1.77. The number of carbonyl (C=O) groups is 2. The lowest BCUT2D eigenvalue weighted by atomic mass is 9.75. The number of Topliss-reactive ketones (excluding diaryl/α,β-unsaturated/α-hetero) is 1. The summed E-state index contributed by atoms with van der Waals surface area (Å²) < 4.78 is 0. The number of nitrogens with zero attached hydrogens (tertiary/aromatic N) is 2. The molecule has 2 heterocycles. The van der Waals surface area contributed by atoms with Crippen LogP contribution < -0.4 is 0 Å². The topological polar surface area (TPSA) is 40.6 Å². The molecule has 2 aliphatic heterocycles. The SMILES string of the molecule is O=C1C[C@@H](C(=O)N2CCSC2)N(C(c2ccccc2)(c2ccccc2)c2ccccc2)C1. The van der Waals surface area contributed by atoms with Crippen molar-refractivity contribution in [2.24, 2.45) is 0 Å². The molecule has 0 saturated carbocycles. The van der Waals surface area contributed by atoms with E-state index in [1.54, 1.807) is 11.8 Å². The minimum Gasteiger partial charge on any atom is -0.331 e. The first-order valence-corrected chi connectivity index (χ1v) is 12.2. The first-order valence-electron chi connectivity index (χ1n) is 11.0. The summed E-state index contributed by atoms with van der Waals surface area (Å²) in [5.41, 5.74) is 2.42. The highest BCUT2D eigenvalue weighted by atomic mass is 32.2. The molecule has 3 aromatic carbocycles. The van der Waals surface area contributed by atoms with Crippen LogP contribution in [0.4, 0.5) is 0 Å². The van der Waals surface area contributed by atoms with Crippen molar-refractivity contribution >= 4 is 23.5 Å². The van der Waals surface area contributed by atoms with Crippen molar-refractivity contribution in [2.45, 2.75) is 18.0 Å². The lowest BCUT2D eigenvalue weighted by Crippen LogP contribution is -2.55. The van der Waals surface area contributed by atoms with E-state index in [0.29, 0.717) is 5.88 Å². The monoisotopic (exact) mass is 442 g/mol. The second kappa shape index (κ2) is 8.93. The summed E-state index contributed by atoms with van der Waals surface area (Å²) in [4.78, 5) is 30.6. The van der Waals surface area contributed by atoms with E-state index in [1.165, 1.54) is 0 Å². The molecule has 5 heteroatoms. The van der Waals surface area contributed by atoms with Gasteiger partial charge in [-0.05, 0) is 16.7 Å². The normalized spacial score (nSPS) is 19.4. The number of hydrogen-bond donors (Lipinski definition) is 0. The van der Waals surface area contributed by atoms with Crippen LogP contribution >= 0.6 is 11.8 Å². The third-order valence-corrected chi connectivity index (χ3v) is 7.46. The van der Waals surface area contributed by atoms with Crippen LogP contribution in [-0.4, -0.2) is 52.3 Å². The van der Waals surface area contributed by atoms with Gasteiger partial charge in [-0.25, -0.2) is 0 Å². The fraction of sp³-hybridized carbons (Fsp3) is 0.259. The predicted octanol–water partition coefficient (Wildman–Crippen LogP) is 4.15. The van der Waals surface area contributed by atoms with Crippen molar-refractivity contribution in [2.75, 3.05) is 24.7 Å². The van der Waals surface area contributed by atoms with Gasteiger partial charge in [-0.15, -0.1) is 11.8 Å². The van der Waals surface area contributed by atoms with Gasteiger partial charge in [0.15, 0.2) is 0 Å². The lowest BCUT2D eigenvalue weighted by molar-refractivity contribution is -0.136. The third-order valence-electron chi connectivity index (χ3n) is 6.50. The minimum atomic E-state index is -0.747. The molecule has 2 saturated heterocycles. The van der Waals surface area contributed by atoms with Gasteiger partial charge in [-0.2, -0.15) is 0 Å². The van der Waals surface area contributed by atoms with Gasteiger partial charge in [0.1, 0.15) is 5.78 Å². The number of likely N-dealkylation sites (tertiary alicyclic amines) is 1. The summed E-state index contributed by atoms with van der Waals surface area (Å²) in [6.45, 7) is 0.993. The molecule has 162 valence electrons. The Bertz CT molecular complexity index is 986. The average molecular weight is 443 g/mol. The van der Waals surface area contributed by atoms with Crippen LogP contribution in [0.1, 0.15) is 23.1 Å². The number of rotatable bonds is 5. The van der Waals surface area contributed by atoms with Gasteiger partial charge in [0.25, 0.3) is 0 Å². The second-order valence-electron chi connectivity index (χ2n) is 8.33. The molecule has 32 heavy (non-hydrogen) atoms. The van der Waals surface area contributed by atoms with E-state index in [0.717, 1.165) is 29.0 Å². The molecule has 0 aliphatic carbocycles. The molecule has 0 unspecified atom stereocenters. The Morgan fingerprint density at radius 2 is 1.31 bits per heavy atom. The standard InChI is InChI=1S/C27H26N2O2S/c30-24-18-25(26(31)28-16-17-32-20-28)29(19-24)27(21-10-4-1-5-11-21,22-12-6-2-7-13-22)23-14-8-3-9-15-23/h1-15,25H,16-20H2/t25-/m0/s1. The molecule has 2 fully saturated rings. The summed E-state index contributed by atoms with van der Waals surface area (Å²) in [7, 11) is 0. The van der Waals surface area contributed by atoms with Gasteiger partial charge in [0, 0.05) is 18.7 Å². The zero-order valence-corrected chi connectivity index (χ0v) is 18.7. The molecule has 0 bridgehead atoms. The van der Waals surface area contributed by atoms with Crippen LogP contribution in [0, 0.1) is 0 Å². The third kappa shape index (κ3) is 3.55. The van der Waals surface area contributed by atoms with E-state index in [2.05, 4.69) is 41.3 Å². The maximum Gasteiger partial charge on any atom is 0.241 e. The summed E-state index contributed by atoms with van der Waals surface area (Å²) in [5.74, 6) is 1.83. The summed E-state index contributed by atoms with van der Waals surface area (Å²) in [6.07, 6.45) is 0.258. The Balaban J connectivity index is 1.75. The maximum atomic E-state index is 13.7. The van der Waals surface area contributed by atoms with Crippen molar-refractivity contribution < 1.29 is 9.59 Å². The predicted molar refractivity (Wildman–Crippen MR) is 128 cm³/mol. The molecule has 0 radical (unpaired) electrons. The highest BCUT2D eigenvalue weighted by Crippen LogP contribution is 2.45. The highest BCUT2D eigenvalue weighted by Gasteiger charge is 2.51. The molecular weight excluding hydrogens is 416 g/mol. The number of hydrogen-bond acceptors (Lipinski definition) is 4. The minimum absolute atomic E-state index is 0.0630. The molecule has 0 spiro atoms. The van der Waals surface area contributed by atoms with Crippen LogP contribution in [0.3, 0.4) is 0 Å². The second-order valence-corrected chi connectivity index (χ2v) is 9.41. The van der Waals surface area contributed by atoms with E-state index < -0.39 is 11.6 Å². The lowest BCUT2D eigenvalue weighted by Gasteiger charge is -2.46. The van der Waals surface area contributed by atoms with Gasteiger partial charge in [0.2, 0.25) is 5.91 Å². The van der Waals surface area contributed by atoms with E-state index in [-0.39, 0.29) is 24.7 Å². The first kappa shape index (κ1) is 21.0. The van der Waals surface area contributed by atoms with Gasteiger partial charge >= 0.3 is 0 Å². The summed E-state index contributed by atoms with van der Waals surface area (Å²) in [5, 5.41) is 0. The van der Waals surface area contributed by atoms with Gasteiger partial charge in [0.05, 0.1) is 24.0 Å². The van der Waals surface area contributed by atoms with E-state index in [1.807, 2.05) is 59.5 Å². The van der Waals surface area contributed by atoms with Crippen molar-refractivity contribution in [1.29, 1.82) is 0 Å². The Kier molecular flexibility index (Phi) is 5.85. The Morgan fingerprint density at radius 1 is 0.812 bits per heavy atom. The molecular formula is C27H26N2O2S. The number of thioether (sulfide) groups is 1. The molecule has 0 aromatic heterocycles. The zero-order valence-electron chi connectivity index (χ0n) is 17.9. The molecule has 1 amide bonds. The molecule has 4 nitrogen and oxygen atoms in total. The van der Waals surface area contributed by atoms with Crippen LogP contribution in [0.25, 0.3) is 0 Å². The van der Waals surface area contributed by atoms with Crippen LogP contribution in [0.5, 0.6) is 0 Å².